The topological polar surface area (TPSA) is 101 Å². The van der Waals surface area contributed by atoms with Crippen molar-refractivity contribution >= 4 is 40.9 Å². The van der Waals surface area contributed by atoms with Crippen molar-refractivity contribution in [1.29, 1.82) is 0 Å². The molecule has 0 spiro atoms. The number of carboxylic acids is 1. The molecule has 1 aliphatic heterocycles. The number of thiophene rings is 1. The first kappa shape index (κ1) is 14.9. The maximum absolute atomic E-state index is 12.3. The van der Waals surface area contributed by atoms with Crippen LogP contribution in [0.1, 0.15) is 20.1 Å². The van der Waals surface area contributed by atoms with Crippen LogP contribution in [0, 0.1) is 0 Å². The number of carbonyl (C=O) groups is 3. The molecule has 8 heteroatoms. The van der Waals surface area contributed by atoms with Crippen molar-refractivity contribution in [2.24, 2.45) is 5.73 Å². The Bertz CT molecular complexity index is 516. The van der Waals surface area contributed by atoms with E-state index in [1.54, 1.807) is 17.8 Å². The van der Waals surface area contributed by atoms with Crippen molar-refractivity contribution in [3.8, 4) is 0 Å². The van der Waals surface area contributed by atoms with E-state index in [1.165, 1.54) is 16.2 Å². The highest BCUT2D eigenvalue weighted by molar-refractivity contribution is 7.98. The molecule has 0 aromatic carbocycles. The Labute approximate surface area is 123 Å². The molecule has 20 heavy (non-hydrogen) atoms. The lowest BCUT2D eigenvalue weighted by Crippen LogP contribution is -2.41. The van der Waals surface area contributed by atoms with Crippen molar-refractivity contribution in [3.63, 3.8) is 0 Å². The third kappa shape index (κ3) is 3.51. The number of amides is 2. The highest BCUT2D eigenvalue weighted by Crippen LogP contribution is 2.32. The second-order valence-corrected chi connectivity index (χ2v) is 6.62. The fourth-order valence-corrected chi connectivity index (χ4v) is 4.30. The van der Waals surface area contributed by atoms with Gasteiger partial charge in [0.15, 0.2) is 0 Å². The van der Waals surface area contributed by atoms with Crippen LogP contribution in [0.15, 0.2) is 6.07 Å². The van der Waals surface area contributed by atoms with E-state index in [4.69, 9.17) is 10.8 Å². The van der Waals surface area contributed by atoms with Crippen LogP contribution in [-0.2, 0) is 21.8 Å². The number of primary amides is 1. The van der Waals surface area contributed by atoms with E-state index in [0.717, 1.165) is 28.4 Å². The molecule has 1 aromatic rings. The van der Waals surface area contributed by atoms with Gasteiger partial charge in [0.05, 0.1) is 4.88 Å². The maximum Gasteiger partial charge on any atom is 0.323 e. The molecule has 1 aromatic heterocycles. The minimum absolute atomic E-state index is 0.386. The van der Waals surface area contributed by atoms with E-state index in [0.29, 0.717) is 4.88 Å². The minimum Gasteiger partial charge on any atom is -0.480 e. The first-order valence-electron chi connectivity index (χ1n) is 5.96. The van der Waals surface area contributed by atoms with Gasteiger partial charge in [-0.3, -0.25) is 14.4 Å². The number of hydrogen-bond acceptors (Lipinski definition) is 5. The van der Waals surface area contributed by atoms with Gasteiger partial charge in [0, 0.05) is 10.6 Å². The van der Waals surface area contributed by atoms with Gasteiger partial charge < -0.3 is 15.7 Å². The number of rotatable bonds is 5. The van der Waals surface area contributed by atoms with Gasteiger partial charge in [0.25, 0.3) is 5.91 Å². The van der Waals surface area contributed by atoms with Crippen molar-refractivity contribution in [2.75, 3.05) is 18.8 Å². The van der Waals surface area contributed by atoms with Crippen LogP contribution in [0.4, 0.5) is 0 Å². The Morgan fingerprint density at radius 2 is 2.10 bits per heavy atom. The number of fused-ring (bicyclic) bond motifs is 1. The molecule has 0 saturated carbocycles. The molecule has 1 aliphatic rings. The van der Waals surface area contributed by atoms with Crippen LogP contribution in [0.2, 0.25) is 0 Å². The Kier molecular flexibility index (Phi) is 4.66. The molecule has 2 heterocycles. The summed E-state index contributed by atoms with van der Waals surface area (Å²) in [5.41, 5.74) is 6.19. The summed E-state index contributed by atoms with van der Waals surface area (Å²) >= 11 is 3.18. The van der Waals surface area contributed by atoms with Crippen molar-refractivity contribution in [1.82, 2.24) is 4.90 Å². The van der Waals surface area contributed by atoms with Gasteiger partial charge in [-0.2, -0.15) is 11.8 Å². The normalized spacial score (nSPS) is 13.6. The van der Waals surface area contributed by atoms with Gasteiger partial charge in [-0.25, -0.2) is 0 Å². The van der Waals surface area contributed by atoms with Gasteiger partial charge in [-0.15, -0.1) is 11.3 Å². The Morgan fingerprint density at radius 1 is 1.35 bits per heavy atom. The van der Waals surface area contributed by atoms with Crippen LogP contribution in [0.3, 0.4) is 0 Å². The summed E-state index contributed by atoms with van der Waals surface area (Å²) in [4.78, 5) is 36.6. The van der Waals surface area contributed by atoms with Crippen LogP contribution in [0.25, 0.3) is 0 Å². The monoisotopic (exact) mass is 314 g/mol. The summed E-state index contributed by atoms with van der Waals surface area (Å²) in [6, 6.07) is 1.80. The lowest BCUT2D eigenvalue weighted by atomic mass is 10.2. The molecule has 0 saturated heterocycles. The minimum atomic E-state index is -1.17. The predicted molar refractivity (Wildman–Crippen MR) is 76.9 cm³/mol. The Morgan fingerprint density at radius 3 is 2.70 bits per heavy atom. The summed E-state index contributed by atoms with van der Waals surface area (Å²) in [5, 5.41) is 8.81. The van der Waals surface area contributed by atoms with E-state index in [-0.39, 0.29) is 6.54 Å². The van der Waals surface area contributed by atoms with E-state index in [2.05, 4.69) is 0 Å². The smallest absolute Gasteiger partial charge is 0.323 e. The van der Waals surface area contributed by atoms with Crippen molar-refractivity contribution in [3.05, 3.63) is 21.4 Å². The number of hydrogen-bond donors (Lipinski definition) is 2. The van der Waals surface area contributed by atoms with Gasteiger partial charge in [0.1, 0.15) is 13.1 Å². The van der Waals surface area contributed by atoms with E-state index < -0.39 is 24.3 Å². The lowest BCUT2D eigenvalue weighted by molar-refractivity contribution is -0.138. The molecule has 6 nitrogen and oxygen atoms in total. The van der Waals surface area contributed by atoms with Gasteiger partial charge >= 0.3 is 5.97 Å². The molecule has 3 N–H and O–H groups in total. The van der Waals surface area contributed by atoms with Gasteiger partial charge in [-0.05, 0) is 23.8 Å². The molecule has 0 aliphatic carbocycles. The van der Waals surface area contributed by atoms with Crippen LogP contribution < -0.4 is 5.73 Å². The molecule has 0 atom stereocenters. The molecule has 108 valence electrons. The predicted octanol–water partition coefficient (Wildman–Crippen LogP) is 0.549. The molecular weight excluding hydrogens is 300 g/mol. The van der Waals surface area contributed by atoms with Gasteiger partial charge in [-0.1, -0.05) is 0 Å². The van der Waals surface area contributed by atoms with Crippen LogP contribution in [0.5, 0.6) is 0 Å². The van der Waals surface area contributed by atoms with Crippen LogP contribution in [-0.4, -0.2) is 46.6 Å². The quantitative estimate of drug-likeness (QED) is 0.826. The van der Waals surface area contributed by atoms with Crippen molar-refractivity contribution in [2.45, 2.75) is 12.2 Å². The first-order chi connectivity index (χ1) is 9.47. The summed E-state index contributed by atoms with van der Waals surface area (Å²) in [6.45, 7) is -0.915. The van der Waals surface area contributed by atoms with E-state index >= 15 is 0 Å². The largest absolute Gasteiger partial charge is 0.480 e. The fraction of sp³-hybridized carbons (Fsp3) is 0.417. The Balaban J connectivity index is 2.19. The third-order valence-corrected chi connectivity index (χ3v) is 5.03. The maximum atomic E-state index is 12.3. The van der Waals surface area contributed by atoms with E-state index in [1.807, 2.05) is 0 Å². The molecular formula is C12H14N2O4S2. The summed E-state index contributed by atoms with van der Waals surface area (Å²) < 4.78 is 0. The van der Waals surface area contributed by atoms with Crippen molar-refractivity contribution < 1.29 is 19.5 Å². The SMILES string of the molecule is NC(=O)CN(CC(=O)O)C(=O)c1cc2c(s1)CCSC2. The molecule has 2 amide bonds. The number of nitrogens with zero attached hydrogens (tertiary/aromatic N) is 1. The highest BCUT2D eigenvalue weighted by Gasteiger charge is 2.24. The molecule has 0 radical (unpaired) electrons. The first-order valence-corrected chi connectivity index (χ1v) is 7.93. The second kappa shape index (κ2) is 6.27. The molecule has 2 rings (SSSR count). The summed E-state index contributed by atoms with van der Waals surface area (Å²) in [7, 11) is 0. The lowest BCUT2D eigenvalue weighted by Gasteiger charge is -2.17. The zero-order valence-corrected chi connectivity index (χ0v) is 12.3. The zero-order chi connectivity index (χ0) is 14.7. The number of carboxylic acid groups (broad SMARTS) is 1. The average Bonchev–Trinajstić information content (AvgIpc) is 2.79. The standard InChI is InChI=1S/C12H14N2O4S2/c13-10(15)4-14(5-11(16)17)12(18)9-3-7-6-19-2-1-8(7)20-9/h3H,1-2,4-6H2,(H2,13,15)(H,16,17). The van der Waals surface area contributed by atoms with Crippen LogP contribution >= 0.6 is 23.1 Å². The number of carbonyl (C=O) groups excluding carboxylic acids is 2. The second-order valence-electron chi connectivity index (χ2n) is 4.38. The number of aryl methyl sites for hydroxylation is 1. The Hall–Kier alpha value is -1.54. The van der Waals surface area contributed by atoms with Gasteiger partial charge in [0.2, 0.25) is 5.91 Å². The summed E-state index contributed by atoms with van der Waals surface area (Å²) in [6.07, 6.45) is 0.923. The molecule has 0 bridgehead atoms. The highest BCUT2D eigenvalue weighted by atomic mass is 32.2. The van der Waals surface area contributed by atoms with E-state index in [9.17, 15) is 14.4 Å². The number of nitrogens with two attached hydrogens (primary N) is 1. The number of thioether (sulfide) groups is 1. The zero-order valence-electron chi connectivity index (χ0n) is 10.6. The molecule has 0 unspecified atom stereocenters. The third-order valence-electron chi connectivity index (χ3n) is 2.80. The molecule has 0 fully saturated rings. The average molecular weight is 314 g/mol. The fourth-order valence-electron chi connectivity index (χ4n) is 1.96. The number of aliphatic carboxylic acids is 1. The summed E-state index contributed by atoms with van der Waals surface area (Å²) in [5.74, 6) is -0.446.